The molecule has 0 radical (unpaired) electrons. The molecule has 3 unspecified atom stereocenters. The summed E-state index contributed by atoms with van der Waals surface area (Å²) in [6.07, 6.45) is 8.28. The number of ether oxygens (including phenoxy) is 1. The zero-order chi connectivity index (χ0) is 44.6. The smallest absolute Gasteiger partial charge is 0.263 e. The van der Waals surface area contributed by atoms with E-state index in [0.29, 0.717) is 17.2 Å². The lowest BCUT2D eigenvalue weighted by Gasteiger charge is -2.46. The van der Waals surface area contributed by atoms with E-state index in [4.69, 9.17) is 4.74 Å². The van der Waals surface area contributed by atoms with Gasteiger partial charge in [0.2, 0.25) is 0 Å². The number of rotatable bonds is 5. The standard InChI is InChI=1S/C60H63BN2OS/c1-57(2)30-32-59(5,6)47-36-42(23-26-45(47)57)62(43-24-27-46-48(37-43)60(7,8)33-31-58(46,3)4)41-25-29-53-44(35-41)55-56(65-53)61-49-28-22-39(38-16-11-9-12-17-38)34-52(49)64-51-21-15-20-50(54(51)61)63(55)40-18-13-10-14-19-40/h9-24,26-28,34,36-37,41,44,53H,25,29-33,35H2,1-8H3. The average molecular weight is 871 g/mol. The summed E-state index contributed by atoms with van der Waals surface area (Å²) in [5, 5.41) is 0.503. The molecule has 0 saturated heterocycles. The van der Waals surface area contributed by atoms with Crippen LogP contribution in [0.3, 0.4) is 0 Å². The highest BCUT2D eigenvalue weighted by Gasteiger charge is 2.53. The topological polar surface area (TPSA) is 15.7 Å². The van der Waals surface area contributed by atoms with Crippen molar-refractivity contribution < 1.29 is 4.74 Å². The highest BCUT2D eigenvalue weighted by atomic mass is 32.2. The van der Waals surface area contributed by atoms with Gasteiger partial charge in [0.25, 0.3) is 6.71 Å². The fraction of sp³-hybridized carbons (Fsp3) is 0.367. The van der Waals surface area contributed by atoms with Crippen molar-refractivity contribution in [3.8, 4) is 22.6 Å². The van der Waals surface area contributed by atoms with E-state index in [0.717, 1.165) is 24.3 Å². The molecule has 3 heterocycles. The van der Waals surface area contributed by atoms with E-state index in [1.54, 1.807) is 0 Å². The van der Waals surface area contributed by atoms with E-state index in [1.807, 2.05) is 0 Å². The van der Waals surface area contributed by atoms with Gasteiger partial charge in [-0.3, -0.25) is 0 Å². The molecule has 0 bridgehead atoms. The lowest BCUT2D eigenvalue weighted by Crippen LogP contribution is -2.53. The van der Waals surface area contributed by atoms with Crippen molar-refractivity contribution in [1.82, 2.24) is 0 Å². The van der Waals surface area contributed by atoms with Crippen molar-refractivity contribution in [2.45, 2.75) is 133 Å². The zero-order valence-corrected chi connectivity index (χ0v) is 40.5. The molecule has 3 aliphatic heterocycles. The van der Waals surface area contributed by atoms with Gasteiger partial charge in [-0.1, -0.05) is 134 Å². The number of benzene rings is 6. The third kappa shape index (κ3) is 6.52. The van der Waals surface area contributed by atoms with Crippen LogP contribution in [0.2, 0.25) is 0 Å². The van der Waals surface area contributed by atoms with Crippen LogP contribution < -0.4 is 25.5 Å². The summed E-state index contributed by atoms with van der Waals surface area (Å²) in [6.45, 7) is 19.9. The average Bonchev–Trinajstić information content (AvgIpc) is 3.68. The molecular weight excluding hydrogens is 808 g/mol. The predicted octanol–water partition coefficient (Wildman–Crippen LogP) is 14.8. The van der Waals surface area contributed by atoms with Crippen molar-refractivity contribution >= 4 is 52.1 Å². The number of anilines is 4. The van der Waals surface area contributed by atoms with Crippen LogP contribution in [0.4, 0.5) is 22.7 Å². The fourth-order valence-electron chi connectivity index (χ4n) is 13.0. The number of para-hydroxylation sites is 1. The van der Waals surface area contributed by atoms with Crippen molar-refractivity contribution in [2.24, 2.45) is 5.92 Å². The molecule has 5 heteroatoms. The minimum Gasteiger partial charge on any atom is -0.458 e. The molecule has 0 amide bonds. The Kier molecular flexibility index (Phi) is 9.34. The van der Waals surface area contributed by atoms with Gasteiger partial charge < -0.3 is 14.5 Å². The number of thioether (sulfide) groups is 1. The summed E-state index contributed by atoms with van der Waals surface area (Å²) in [4.78, 5) is 6.99. The Morgan fingerprint density at radius 1 is 0.569 bits per heavy atom. The maximum atomic E-state index is 6.95. The van der Waals surface area contributed by atoms with Crippen molar-refractivity contribution in [3.63, 3.8) is 0 Å². The molecule has 1 saturated carbocycles. The Labute approximate surface area is 392 Å². The summed E-state index contributed by atoms with van der Waals surface area (Å²) in [7, 11) is 0. The van der Waals surface area contributed by atoms with Crippen LogP contribution in [-0.2, 0) is 21.7 Å². The third-order valence-electron chi connectivity index (χ3n) is 17.0. The molecule has 3 atom stereocenters. The second-order valence-electron chi connectivity index (χ2n) is 22.9. The Hall–Kier alpha value is -5.13. The minimum absolute atomic E-state index is 0.125. The molecule has 6 aliphatic rings. The molecule has 328 valence electrons. The lowest BCUT2D eigenvalue weighted by molar-refractivity contribution is 0.331. The van der Waals surface area contributed by atoms with Crippen LogP contribution in [0.1, 0.15) is 123 Å². The number of nitrogens with zero attached hydrogens (tertiary/aromatic N) is 2. The van der Waals surface area contributed by atoms with Crippen LogP contribution in [0.25, 0.3) is 11.1 Å². The van der Waals surface area contributed by atoms with Gasteiger partial charge >= 0.3 is 0 Å². The maximum Gasteiger partial charge on any atom is 0.263 e. The second kappa shape index (κ2) is 14.7. The van der Waals surface area contributed by atoms with Crippen LogP contribution in [-0.4, -0.2) is 18.0 Å². The quantitative estimate of drug-likeness (QED) is 0.160. The van der Waals surface area contributed by atoms with E-state index in [-0.39, 0.29) is 28.4 Å². The largest absolute Gasteiger partial charge is 0.458 e. The Balaban J connectivity index is 1.01. The summed E-state index contributed by atoms with van der Waals surface area (Å²) in [6, 6.07) is 51.3. The number of hydrogen-bond acceptors (Lipinski definition) is 4. The van der Waals surface area contributed by atoms with Gasteiger partial charge in [-0.2, -0.15) is 0 Å². The molecule has 0 N–H and O–H groups in total. The molecular formula is C60H63BN2OS. The molecule has 65 heavy (non-hydrogen) atoms. The van der Waals surface area contributed by atoms with Crippen molar-refractivity contribution in [2.75, 3.05) is 9.80 Å². The first-order valence-corrected chi connectivity index (χ1v) is 25.4. The number of hydrogen-bond donors (Lipinski definition) is 0. The van der Waals surface area contributed by atoms with Crippen molar-refractivity contribution in [3.05, 3.63) is 166 Å². The Morgan fingerprint density at radius 3 is 1.80 bits per heavy atom. The zero-order valence-electron chi connectivity index (χ0n) is 39.7. The van der Waals surface area contributed by atoms with Gasteiger partial charge in [-0.05, 0) is 170 Å². The van der Waals surface area contributed by atoms with E-state index < -0.39 is 0 Å². The number of fused-ring (bicyclic) bond motifs is 7. The minimum atomic E-state index is 0.125. The third-order valence-corrected chi connectivity index (χ3v) is 18.5. The molecule has 12 rings (SSSR count). The van der Waals surface area contributed by atoms with Gasteiger partial charge in [0, 0.05) is 45.7 Å². The highest BCUT2D eigenvalue weighted by Crippen LogP contribution is 2.58. The summed E-state index contributed by atoms with van der Waals surface area (Å²) in [5.74, 6) is 2.34. The summed E-state index contributed by atoms with van der Waals surface area (Å²) >= 11 is 2.19. The van der Waals surface area contributed by atoms with Crippen LogP contribution in [0.15, 0.2) is 144 Å². The molecule has 6 aromatic rings. The van der Waals surface area contributed by atoms with Gasteiger partial charge in [0.05, 0.1) is 0 Å². The van der Waals surface area contributed by atoms with Crippen LogP contribution >= 0.6 is 11.8 Å². The monoisotopic (exact) mass is 870 g/mol. The maximum absolute atomic E-state index is 6.95. The molecule has 1 fully saturated rings. The van der Waals surface area contributed by atoms with Gasteiger partial charge in [-0.25, -0.2) is 0 Å². The summed E-state index contributed by atoms with van der Waals surface area (Å²) in [5.41, 5.74) is 18.4. The Morgan fingerprint density at radius 2 is 1.17 bits per heavy atom. The number of allylic oxidation sites excluding steroid dienone is 1. The molecule has 3 aliphatic carbocycles. The van der Waals surface area contributed by atoms with E-state index in [9.17, 15) is 0 Å². The van der Waals surface area contributed by atoms with Gasteiger partial charge in [0.15, 0.2) is 0 Å². The Bertz CT molecular complexity index is 2830. The van der Waals surface area contributed by atoms with E-state index in [2.05, 4.69) is 210 Å². The molecule has 0 aromatic heterocycles. The first-order chi connectivity index (χ1) is 31.2. The van der Waals surface area contributed by atoms with Gasteiger partial charge in [-0.15, -0.1) is 11.8 Å². The van der Waals surface area contributed by atoms with Crippen LogP contribution in [0.5, 0.6) is 11.5 Å². The first kappa shape index (κ1) is 41.3. The highest BCUT2D eigenvalue weighted by molar-refractivity contribution is 8.06. The van der Waals surface area contributed by atoms with E-state index >= 15 is 0 Å². The van der Waals surface area contributed by atoms with E-state index in [1.165, 1.54) is 110 Å². The molecule has 0 spiro atoms. The second-order valence-corrected chi connectivity index (χ2v) is 24.1. The SMILES string of the molecule is CC1(C)CCC(C)(C)c2cc(N(c3ccc4c(c3)C(C)(C)CCC4(C)C)C3CCC4SC5=C(C4C3)N(c3ccccc3)c3cccc4c3B5c3ccc(-c5ccccc5)cc3O4)ccc21. The summed E-state index contributed by atoms with van der Waals surface area (Å²) < 4.78 is 6.95. The molecule has 3 nitrogen and oxygen atoms in total. The normalized spacial score (nSPS) is 23.5. The van der Waals surface area contributed by atoms with Gasteiger partial charge in [0.1, 0.15) is 11.5 Å². The van der Waals surface area contributed by atoms with Crippen LogP contribution in [0, 0.1) is 5.92 Å². The first-order valence-electron chi connectivity index (χ1n) is 24.5. The molecule has 6 aromatic carbocycles. The predicted molar refractivity (Wildman–Crippen MR) is 277 cm³/mol. The fourth-order valence-corrected chi connectivity index (χ4v) is 14.7. The lowest BCUT2D eigenvalue weighted by atomic mass is 9.37. The van der Waals surface area contributed by atoms with Crippen molar-refractivity contribution in [1.29, 1.82) is 0 Å².